The first-order valence-corrected chi connectivity index (χ1v) is 4.83. The second kappa shape index (κ2) is 3.03. The zero-order valence-electron chi connectivity index (χ0n) is 8.24. The Balaban J connectivity index is 2.39. The fourth-order valence-electron chi connectivity index (χ4n) is 1.88. The minimum absolute atomic E-state index is 0.144. The van der Waals surface area contributed by atoms with Gasteiger partial charge in [0.05, 0.1) is 0 Å². The van der Waals surface area contributed by atoms with Crippen molar-refractivity contribution in [1.29, 1.82) is 0 Å². The maximum absolute atomic E-state index is 11.5. The van der Waals surface area contributed by atoms with Crippen LogP contribution in [0.25, 0.3) is 22.0 Å². The molecule has 0 aliphatic rings. The topological polar surface area (TPSA) is 84.7 Å². The van der Waals surface area contributed by atoms with Crippen molar-refractivity contribution in [1.82, 2.24) is 15.2 Å². The van der Waals surface area contributed by atoms with E-state index in [-0.39, 0.29) is 17.0 Å². The van der Waals surface area contributed by atoms with Crippen LogP contribution in [0.4, 0.5) is 0 Å². The third-order valence-corrected chi connectivity index (χ3v) is 2.62. The minimum atomic E-state index is -0.331. The van der Waals surface area contributed by atoms with Gasteiger partial charge < -0.3 is 10.1 Å². The Kier molecular flexibility index (Phi) is 1.67. The number of aromatic amines is 3. The van der Waals surface area contributed by atoms with E-state index in [9.17, 15) is 9.90 Å². The molecule has 5 nitrogen and oxygen atoms in total. The number of fused-ring (bicyclic) bond motifs is 1. The molecule has 2 heterocycles. The molecule has 2 aromatic heterocycles. The van der Waals surface area contributed by atoms with Crippen LogP contribution in [0.3, 0.4) is 0 Å². The molecule has 80 valence electrons. The summed E-state index contributed by atoms with van der Waals surface area (Å²) < 4.78 is 0. The summed E-state index contributed by atoms with van der Waals surface area (Å²) in [5.74, 6) is -0.144. The van der Waals surface area contributed by atoms with Crippen LogP contribution in [-0.4, -0.2) is 20.3 Å². The number of rotatable bonds is 1. The van der Waals surface area contributed by atoms with Gasteiger partial charge in [-0.05, 0) is 6.07 Å². The molecule has 0 fully saturated rings. The number of H-pyrrole nitrogens is 3. The Morgan fingerprint density at radius 1 is 1.12 bits per heavy atom. The summed E-state index contributed by atoms with van der Waals surface area (Å²) in [5, 5.41) is 15.2. The first-order valence-electron chi connectivity index (χ1n) is 4.83. The summed E-state index contributed by atoms with van der Waals surface area (Å²) in [6, 6.07) is 7.60. The highest BCUT2D eigenvalue weighted by atomic mass is 16.3. The Bertz CT molecular complexity index is 705. The van der Waals surface area contributed by atoms with Gasteiger partial charge in [-0.25, -0.2) is 0 Å². The molecule has 0 aliphatic carbocycles. The van der Waals surface area contributed by atoms with Crippen LogP contribution in [0, 0.1) is 0 Å². The zero-order chi connectivity index (χ0) is 11.1. The lowest BCUT2D eigenvalue weighted by Gasteiger charge is -1.94. The summed E-state index contributed by atoms with van der Waals surface area (Å²) in [4.78, 5) is 14.6. The van der Waals surface area contributed by atoms with Crippen LogP contribution in [0.1, 0.15) is 0 Å². The van der Waals surface area contributed by atoms with Crippen LogP contribution in [0.5, 0.6) is 5.88 Å². The van der Waals surface area contributed by atoms with Gasteiger partial charge in [-0.3, -0.25) is 15.0 Å². The van der Waals surface area contributed by atoms with Gasteiger partial charge >= 0.3 is 0 Å². The molecule has 0 amide bonds. The monoisotopic (exact) mass is 215 g/mol. The summed E-state index contributed by atoms with van der Waals surface area (Å²) in [7, 11) is 0. The average molecular weight is 215 g/mol. The molecule has 16 heavy (non-hydrogen) atoms. The zero-order valence-corrected chi connectivity index (χ0v) is 8.24. The van der Waals surface area contributed by atoms with Crippen molar-refractivity contribution >= 4 is 10.9 Å². The van der Waals surface area contributed by atoms with Gasteiger partial charge in [0.2, 0.25) is 5.88 Å². The van der Waals surface area contributed by atoms with Gasteiger partial charge in [-0.2, -0.15) is 0 Å². The molecule has 3 rings (SSSR count). The number of nitrogens with one attached hydrogen (secondary N) is 3. The van der Waals surface area contributed by atoms with E-state index in [4.69, 9.17) is 0 Å². The van der Waals surface area contributed by atoms with Gasteiger partial charge in [0.25, 0.3) is 5.56 Å². The largest absolute Gasteiger partial charge is 0.493 e. The normalized spacial score (nSPS) is 11.0. The van der Waals surface area contributed by atoms with E-state index in [0.29, 0.717) is 5.56 Å². The van der Waals surface area contributed by atoms with Crippen LogP contribution in [-0.2, 0) is 0 Å². The minimum Gasteiger partial charge on any atom is -0.493 e. The molecule has 0 unspecified atom stereocenters. The van der Waals surface area contributed by atoms with Gasteiger partial charge in [-0.15, -0.1) is 0 Å². The van der Waals surface area contributed by atoms with Crippen molar-refractivity contribution in [2.45, 2.75) is 0 Å². The smallest absolute Gasteiger partial charge is 0.275 e. The summed E-state index contributed by atoms with van der Waals surface area (Å²) in [5.41, 5.74) is 1.55. The van der Waals surface area contributed by atoms with Gasteiger partial charge in [0.15, 0.2) is 0 Å². The molecule has 0 radical (unpaired) electrons. The molecule has 5 heteroatoms. The second-order valence-corrected chi connectivity index (χ2v) is 3.55. The van der Waals surface area contributed by atoms with Crippen molar-refractivity contribution in [2.75, 3.05) is 0 Å². The van der Waals surface area contributed by atoms with Crippen LogP contribution >= 0.6 is 0 Å². The predicted octanol–water partition coefficient (Wildman–Crippen LogP) is 1.56. The number of hydrogen-bond donors (Lipinski definition) is 4. The summed E-state index contributed by atoms with van der Waals surface area (Å²) in [6.07, 6.45) is 1.71. The number of aromatic nitrogens is 3. The fraction of sp³-hybridized carbons (Fsp3) is 0. The van der Waals surface area contributed by atoms with Gasteiger partial charge in [-0.1, -0.05) is 18.2 Å². The van der Waals surface area contributed by atoms with E-state index < -0.39 is 0 Å². The van der Waals surface area contributed by atoms with E-state index in [1.165, 1.54) is 0 Å². The molecule has 0 bridgehead atoms. The van der Waals surface area contributed by atoms with E-state index in [1.54, 1.807) is 6.20 Å². The molecule has 0 aliphatic heterocycles. The van der Waals surface area contributed by atoms with E-state index in [1.807, 2.05) is 24.3 Å². The lowest BCUT2D eigenvalue weighted by atomic mass is 10.1. The first kappa shape index (κ1) is 8.84. The van der Waals surface area contributed by atoms with Crippen molar-refractivity contribution < 1.29 is 5.11 Å². The van der Waals surface area contributed by atoms with Gasteiger partial charge in [0.1, 0.15) is 5.56 Å². The fourth-order valence-corrected chi connectivity index (χ4v) is 1.88. The SMILES string of the molecule is O=c1[nH][nH]c(O)c1-c1c[nH]c2ccccc12. The average Bonchev–Trinajstić information content (AvgIpc) is 2.83. The van der Waals surface area contributed by atoms with Crippen molar-refractivity contribution in [2.24, 2.45) is 0 Å². The van der Waals surface area contributed by atoms with E-state index >= 15 is 0 Å². The summed E-state index contributed by atoms with van der Waals surface area (Å²) in [6.45, 7) is 0. The second-order valence-electron chi connectivity index (χ2n) is 3.55. The molecule has 3 aromatic rings. The molecule has 4 N–H and O–H groups in total. The standard InChI is InChI=1S/C11H9N3O2/c15-10-9(11(16)14-13-10)7-5-12-8-4-2-1-3-6(7)8/h1-5,12H,(H3,13,14,15,16). The number of benzene rings is 1. The van der Waals surface area contributed by atoms with Crippen molar-refractivity contribution in [3.8, 4) is 17.0 Å². The molecule has 0 saturated carbocycles. The third kappa shape index (κ3) is 1.08. The highest BCUT2D eigenvalue weighted by Gasteiger charge is 2.14. The Morgan fingerprint density at radius 3 is 2.69 bits per heavy atom. The van der Waals surface area contributed by atoms with Crippen molar-refractivity contribution in [3.63, 3.8) is 0 Å². The Morgan fingerprint density at radius 2 is 1.94 bits per heavy atom. The van der Waals surface area contributed by atoms with Crippen LogP contribution < -0.4 is 5.56 Å². The summed E-state index contributed by atoms with van der Waals surface area (Å²) >= 11 is 0. The Labute approximate surface area is 89.7 Å². The van der Waals surface area contributed by atoms with E-state index in [0.717, 1.165) is 10.9 Å². The predicted molar refractivity (Wildman–Crippen MR) is 60.4 cm³/mol. The van der Waals surface area contributed by atoms with Crippen LogP contribution in [0.15, 0.2) is 35.3 Å². The lowest BCUT2D eigenvalue weighted by molar-refractivity contribution is 0.454. The molecule has 1 aromatic carbocycles. The quantitative estimate of drug-likeness (QED) is 0.496. The number of para-hydroxylation sites is 1. The lowest BCUT2D eigenvalue weighted by Crippen LogP contribution is -2.00. The highest BCUT2D eigenvalue weighted by Crippen LogP contribution is 2.30. The molecular weight excluding hydrogens is 206 g/mol. The van der Waals surface area contributed by atoms with Crippen LogP contribution in [0.2, 0.25) is 0 Å². The molecule has 0 atom stereocenters. The third-order valence-electron chi connectivity index (χ3n) is 2.62. The first-order chi connectivity index (χ1) is 7.77. The van der Waals surface area contributed by atoms with Gasteiger partial charge in [0, 0.05) is 22.7 Å². The van der Waals surface area contributed by atoms with E-state index in [2.05, 4.69) is 15.2 Å². The molecule has 0 spiro atoms. The molecule has 0 saturated heterocycles. The highest BCUT2D eigenvalue weighted by molar-refractivity contribution is 5.96. The van der Waals surface area contributed by atoms with Crippen molar-refractivity contribution in [3.05, 3.63) is 40.8 Å². The number of hydrogen-bond acceptors (Lipinski definition) is 2. The number of aromatic hydroxyl groups is 1. The molecular formula is C11H9N3O2. The Hall–Kier alpha value is -2.43. The maximum atomic E-state index is 11.5. The maximum Gasteiger partial charge on any atom is 0.275 e.